The first kappa shape index (κ1) is 17.9. The Bertz CT molecular complexity index is 429. The normalized spacial score (nSPS) is 13.0. The Balaban J connectivity index is 2.85. The van der Waals surface area contributed by atoms with Crippen molar-refractivity contribution in [1.29, 1.82) is 0 Å². The van der Waals surface area contributed by atoms with Crippen molar-refractivity contribution in [2.75, 3.05) is 32.1 Å². The van der Waals surface area contributed by atoms with E-state index in [-0.39, 0.29) is 0 Å². The number of hydrogen-bond acceptors (Lipinski definition) is 4. The van der Waals surface area contributed by atoms with E-state index in [0.29, 0.717) is 12.1 Å². The Kier molecular flexibility index (Phi) is 7.12. The molecule has 1 aromatic heterocycles. The average molecular weight is 292 g/mol. The largest absolute Gasteiger partial charge is 0.353 e. The Morgan fingerprint density at radius 3 is 2.38 bits per heavy atom. The first-order chi connectivity index (χ1) is 9.85. The molecule has 0 spiro atoms. The van der Waals surface area contributed by atoms with Crippen LogP contribution in [0.4, 0.5) is 5.82 Å². The second-order valence-electron chi connectivity index (χ2n) is 6.42. The van der Waals surface area contributed by atoms with Crippen molar-refractivity contribution >= 4 is 5.82 Å². The predicted molar refractivity (Wildman–Crippen MR) is 92.0 cm³/mol. The molecule has 0 radical (unpaired) electrons. The summed E-state index contributed by atoms with van der Waals surface area (Å²) in [5.74, 6) is 1.11. The molecule has 0 aliphatic carbocycles. The third-order valence-corrected chi connectivity index (χ3v) is 3.60. The van der Waals surface area contributed by atoms with Gasteiger partial charge < -0.3 is 15.1 Å². The lowest BCUT2D eigenvalue weighted by Gasteiger charge is -2.32. The molecule has 0 aromatic carbocycles. The van der Waals surface area contributed by atoms with Gasteiger partial charge in [0, 0.05) is 37.9 Å². The number of anilines is 1. The number of aryl methyl sites for hydroxylation is 1. The second kappa shape index (κ2) is 8.35. The van der Waals surface area contributed by atoms with Crippen LogP contribution in [0.15, 0.2) is 12.3 Å². The molecule has 0 saturated heterocycles. The fourth-order valence-corrected chi connectivity index (χ4v) is 2.64. The smallest absolute Gasteiger partial charge is 0.131 e. The van der Waals surface area contributed by atoms with Gasteiger partial charge in [0.2, 0.25) is 0 Å². The van der Waals surface area contributed by atoms with E-state index >= 15 is 0 Å². The van der Waals surface area contributed by atoms with Crippen LogP contribution < -0.4 is 10.2 Å². The topological polar surface area (TPSA) is 31.4 Å². The van der Waals surface area contributed by atoms with E-state index in [1.807, 2.05) is 6.20 Å². The van der Waals surface area contributed by atoms with E-state index < -0.39 is 0 Å². The minimum atomic E-state index is 0.454. The Hall–Kier alpha value is -1.13. The van der Waals surface area contributed by atoms with Gasteiger partial charge in [0.1, 0.15) is 5.82 Å². The zero-order valence-electron chi connectivity index (χ0n) is 14.8. The van der Waals surface area contributed by atoms with Crippen LogP contribution in [0.2, 0.25) is 0 Å². The molecular weight excluding hydrogens is 260 g/mol. The van der Waals surface area contributed by atoms with Crippen molar-refractivity contribution in [2.45, 2.75) is 53.2 Å². The summed E-state index contributed by atoms with van der Waals surface area (Å²) in [6.45, 7) is 13.8. The molecule has 1 rings (SSSR count). The van der Waals surface area contributed by atoms with E-state index in [2.05, 4.69) is 69.9 Å². The van der Waals surface area contributed by atoms with Gasteiger partial charge in [-0.2, -0.15) is 0 Å². The fraction of sp³-hybridized carbons (Fsp3) is 0.706. The standard InChI is InChI=1S/C17H32N4/c1-8-21(15(5)12-20(6)7)17-14(4)9-16(11-19-17)10-18-13(2)3/h9,11,13,15,18H,8,10,12H2,1-7H3. The van der Waals surface area contributed by atoms with Crippen LogP contribution in [0, 0.1) is 6.92 Å². The van der Waals surface area contributed by atoms with E-state index in [1.54, 1.807) is 0 Å². The minimum absolute atomic E-state index is 0.454. The van der Waals surface area contributed by atoms with Crippen LogP contribution in [0.5, 0.6) is 0 Å². The van der Waals surface area contributed by atoms with Gasteiger partial charge in [-0.05, 0) is 52.1 Å². The summed E-state index contributed by atoms with van der Waals surface area (Å²) < 4.78 is 0. The molecule has 0 aliphatic rings. The average Bonchev–Trinajstić information content (AvgIpc) is 2.38. The molecule has 4 nitrogen and oxygen atoms in total. The summed E-state index contributed by atoms with van der Waals surface area (Å²) in [6, 6.07) is 3.20. The lowest BCUT2D eigenvalue weighted by molar-refractivity contribution is 0.372. The van der Waals surface area contributed by atoms with Crippen molar-refractivity contribution in [3.05, 3.63) is 23.4 Å². The molecule has 0 amide bonds. The summed E-state index contributed by atoms with van der Waals surface area (Å²) in [5.41, 5.74) is 2.51. The van der Waals surface area contributed by atoms with E-state index in [9.17, 15) is 0 Å². The summed E-state index contributed by atoms with van der Waals surface area (Å²) >= 11 is 0. The quantitative estimate of drug-likeness (QED) is 0.798. The molecule has 0 saturated carbocycles. The molecule has 1 atom stereocenters. The molecule has 0 bridgehead atoms. The predicted octanol–water partition coefficient (Wildman–Crippen LogP) is 2.66. The van der Waals surface area contributed by atoms with Crippen molar-refractivity contribution in [3.63, 3.8) is 0 Å². The monoisotopic (exact) mass is 292 g/mol. The van der Waals surface area contributed by atoms with Gasteiger partial charge in [-0.25, -0.2) is 4.98 Å². The van der Waals surface area contributed by atoms with Gasteiger partial charge in [0.15, 0.2) is 0 Å². The van der Waals surface area contributed by atoms with Gasteiger partial charge >= 0.3 is 0 Å². The van der Waals surface area contributed by atoms with Crippen molar-refractivity contribution < 1.29 is 0 Å². The number of nitrogens with zero attached hydrogens (tertiary/aromatic N) is 3. The number of hydrogen-bond donors (Lipinski definition) is 1. The maximum absolute atomic E-state index is 4.72. The Morgan fingerprint density at radius 1 is 1.24 bits per heavy atom. The number of nitrogens with one attached hydrogen (secondary N) is 1. The first-order valence-electron chi connectivity index (χ1n) is 7.95. The lowest BCUT2D eigenvalue weighted by atomic mass is 10.1. The molecule has 120 valence electrons. The van der Waals surface area contributed by atoms with Gasteiger partial charge in [0.25, 0.3) is 0 Å². The van der Waals surface area contributed by atoms with Crippen LogP contribution in [0.25, 0.3) is 0 Å². The molecule has 1 heterocycles. The first-order valence-corrected chi connectivity index (χ1v) is 7.95. The molecule has 21 heavy (non-hydrogen) atoms. The molecule has 1 aromatic rings. The number of pyridine rings is 1. The van der Waals surface area contributed by atoms with Gasteiger partial charge in [-0.1, -0.05) is 13.8 Å². The molecule has 4 heteroatoms. The third kappa shape index (κ3) is 5.64. The summed E-state index contributed by atoms with van der Waals surface area (Å²) in [6.07, 6.45) is 2.00. The molecule has 1 N–H and O–H groups in total. The maximum atomic E-state index is 4.72. The van der Waals surface area contributed by atoms with Crippen molar-refractivity contribution in [3.8, 4) is 0 Å². The summed E-state index contributed by atoms with van der Waals surface area (Å²) in [5, 5.41) is 3.44. The highest BCUT2D eigenvalue weighted by atomic mass is 15.2. The third-order valence-electron chi connectivity index (χ3n) is 3.60. The maximum Gasteiger partial charge on any atom is 0.131 e. The van der Waals surface area contributed by atoms with Gasteiger partial charge in [-0.3, -0.25) is 0 Å². The van der Waals surface area contributed by atoms with E-state index in [4.69, 9.17) is 4.98 Å². The number of rotatable bonds is 8. The highest BCUT2D eigenvalue weighted by Crippen LogP contribution is 2.20. The fourth-order valence-electron chi connectivity index (χ4n) is 2.64. The van der Waals surface area contributed by atoms with E-state index in [1.165, 1.54) is 11.1 Å². The number of likely N-dealkylation sites (N-methyl/N-ethyl adjacent to an activating group) is 2. The Morgan fingerprint density at radius 2 is 1.90 bits per heavy atom. The summed E-state index contributed by atoms with van der Waals surface area (Å²) in [4.78, 5) is 9.33. The highest BCUT2D eigenvalue weighted by molar-refractivity contribution is 5.48. The molecule has 1 unspecified atom stereocenters. The highest BCUT2D eigenvalue weighted by Gasteiger charge is 2.17. The minimum Gasteiger partial charge on any atom is -0.353 e. The van der Waals surface area contributed by atoms with Crippen LogP contribution in [-0.2, 0) is 6.54 Å². The zero-order valence-corrected chi connectivity index (χ0v) is 14.8. The lowest BCUT2D eigenvalue weighted by Crippen LogP contribution is -2.41. The molecule has 0 aliphatic heterocycles. The summed E-state index contributed by atoms with van der Waals surface area (Å²) in [7, 11) is 4.23. The van der Waals surface area contributed by atoms with Crippen molar-refractivity contribution in [2.24, 2.45) is 0 Å². The van der Waals surface area contributed by atoms with Crippen molar-refractivity contribution in [1.82, 2.24) is 15.2 Å². The van der Waals surface area contributed by atoms with Crippen LogP contribution in [0.1, 0.15) is 38.8 Å². The zero-order chi connectivity index (χ0) is 16.0. The van der Waals surface area contributed by atoms with Crippen LogP contribution in [0.3, 0.4) is 0 Å². The van der Waals surface area contributed by atoms with Gasteiger partial charge in [0.05, 0.1) is 0 Å². The van der Waals surface area contributed by atoms with Gasteiger partial charge in [-0.15, -0.1) is 0 Å². The Labute approximate surface area is 130 Å². The SMILES string of the molecule is CCN(c1ncc(CNC(C)C)cc1C)C(C)CN(C)C. The van der Waals surface area contributed by atoms with Crippen LogP contribution in [-0.4, -0.2) is 49.2 Å². The second-order valence-corrected chi connectivity index (χ2v) is 6.42. The van der Waals surface area contributed by atoms with Crippen LogP contribution >= 0.6 is 0 Å². The van der Waals surface area contributed by atoms with E-state index in [0.717, 1.165) is 25.5 Å². The molecular formula is C17H32N4. The molecule has 0 fully saturated rings. The number of aromatic nitrogens is 1.